The lowest BCUT2D eigenvalue weighted by atomic mass is 9.97. The molecule has 0 radical (unpaired) electrons. The van der Waals surface area contributed by atoms with Gasteiger partial charge in [-0.3, -0.25) is 14.6 Å². The van der Waals surface area contributed by atoms with Gasteiger partial charge in [-0.25, -0.2) is 0 Å². The molecule has 1 heterocycles. The highest BCUT2D eigenvalue weighted by atomic mass is 16.1. The number of aromatic nitrogens is 1. The topological polar surface area (TPSA) is 47.0 Å². The number of hydrogen-bond acceptors (Lipinski definition) is 3. The number of pyridine rings is 1. The van der Waals surface area contributed by atoms with Crippen molar-refractivity contribution in [3.63, 3.8) is 0 Å². The lowest BCUT2D eigenvalue weighted by Gasteiger charge is -2.06. The summed E-state index contributed by atoms with van der Waals surface area (Å²) in [7, 11) is 0. The third-order valence-corrected chi connectivity index (χ3v) is 3.00. The first-order valence-electron chi connectivity index (χ1n) is 6.11. The molecular formula is C16H15NO2. The standard InChI is InChI=1S/C16H15NO2/c1-11-5-6-12(2)14(8-11)16(19)9-15(18)13-4-3-7-17-10-13/h3-8,10H,9H2,1-2H3. The summed E-state index contributed by atoms with van der Waals surface area (Å²) >= 11 is 0. The van der Waals surface area contributed by atoms with Crippen LogP contribution in [0.3, 0.4) is 0 Å². The lowest BCUT2D eigenvalue weighted by molar-refractivity contribution is 0.0894. The van der Waals surface area contributed by atoms with Crippen LogP contribution in [0, 0.1) is 13.8 Å². The van der Waals surface area contributed by atoms with Crippen LogP contribution in [0.5, 0.6) is 0 Å². The van der Waals surface area contributed by atoms with Gasteiger partial charge in [0, 0.05) is 23.5 Å². The average Bonchev–Trinajstić information content (AvgIpc) is 2.42. The van der Waals surface area contributed by atoms with E-state index in [0.717, 1.165) is 11.1 Å². The zero-order chi connectivity index (χ0) is 13.8. The SMILES string of the molecule is Cc1ccc(C)c(C(=O)CC(=O)c2cccnc2)c1. The van der Waals surface area contributed by atoms with E-state index in [2.05, 4.69) is 4.98 Å². The van der Waals surface area contributed by atoms with Gasteiger partial charge in [-0.15, -0.1) is 0 Å². The lowest BCUT2D eigenvalue weighted by Crippen LogP contribution is -2.10. The Morgan fingerprint density at radius 2 is 1.89 bits per heavy atom. The molecule has 0 unspecified atom stereocenters. The molecule has 3 heteroatoms. The molecule has 0 aliphatic heterocycles. The van der Waals surface area contributed by atoms with Gasteiger partial charge in [0.15, 0.2) is 11.6 Å². The van der Waals surface area contributed by atoms with Crippen LogP contribution in [0.4, 0.5) is 0 Å². The molecule has 3 nitrogen and oxygen atoms in total. The summed E-state index contributed by atoms with van der Waals surface area (Å²) in [6, 6.07) is 9.04. The number of aryl methyl sites for hydroxylation is 2. The van der Waals surface area contributed by atoms with Gasteiger partial charge in [-0.1, -0.05) is 17.7 Å². The first-order valence-corrected chi connectivity index (χ1v) is 6.11. The number of hydrogen-bond donors (Lipinski definition) is 0. The number of carbonyl (C=O) groups is 2. The Bertz CT molecular complexity index is 618. The molecule has 0 amide bonds. The molecule has 2 rings (SSSR count). The molecule has 0 spiro atoms. The monoisotopic (exact) mass is 253 g/mol. The highest BCUT2D eigenvalue weighted by Gasteiger charge is 2.15. The van der Waals surface area contributed by atoms with E-state index in [4.69, 9.17) is 0 Å². The predicted molar refractivity (Wildman–Crippen MR) is 73.4 cm³/mol. The van der Waals surface area contributed by atoms with E-state index in [9.17, 15) is 9.59 Å². The van der Waals surface area contributed by atoms with Gasteiger partial charge in [0.05, 0.1) is 6.42 Å². The molecule has 96 valence electrons. The van der Waals surface area contributed by atoms with Gasteiger partial charge in [0.2, 0.25) is 0 Å². The van der Waals surface area contributed by atoms with E-state index in [1.54, 1.807) is 18.3 Å². The van der Waals surface area contributed by atoms with Crippen molar-refractivity contribution in [2.24, 2.45) is 0 Å². The molecule has 19 heavy (non-hydrogen) atoms. The Kier molecular flexibility index (Phi) is 3.85. The second-order valence-corrected chi connectivity index (χ2v) is 4.58. The van der Waals surface area contributed by atoms with Crippen molar-refractivity contribution in [3.05, 3.63) is 65.0 Å². The highest BCUT2D eigenvalue weighted by molar-refractivity contribution is 6.13. The maximum absolute atomic E-state index is 12.2. The fourth-order valence-corrected chi connectivity index (χ4v) is 1.91. The second-order valence-electron chi connectivity index (χ2n) is 4.58. The second kappa shape index (κ2) is 5.57. The maximum atomic E-state index is 12.2. The summed E-state index contributed by atoms with van der Waals surface area (Å²) in [5, 5.41) is 0. The summed E-state index contributed by atoms with van der Waals surface area (Å²) in [5.41, 5.74) is 3.01. The Labute approximate surface area is 112 Å². The highest BCUT2D eigenvalue weighted by Crippen LogP contribution is 2.14. The Morgan fingerprint density at radius 1 is 1.11 bits per heavy atom. The number of benzene rings is 1. The number of nitrogens with zero attached hydrogens (tertiary/aromatic N) is 1. The molecule has 0 atom stereocenters. The van der Waals surface area contributed by atoms with Gasteiger partial charge >= 0.3 is 0 Å². The molecule has 2 aromatic rings. The van der Waals surface area contributed by atoms with Crippen LogP contribution in [0.15, 0.2) is 42.7 Å². The molecular weight excluding hydrogens is 238 g/mol. The van der Waals surface area contributed by atoms with Crippen molar-refractivity contribution in [1.82, 2.24) is 4.98 Å². The zero-order valence-electron chi connectivity index (χ0n) is 11.0. The maximum Gasteiger partial charge on any atom is 0.172 e. The van der Waals surface area contributed by atoms with Gasteiger partial charge in [-0.05, 0) is 37.6 Å². The minimum Gasteiger partial charge on any atom is -0.294 e. The summed E-state index contributed by atoms with van der Waals surface area (Å²) < 4.78 is 0. The van der Waals surface area contributed by atoms with Gasteiger partial charge in [0.25, 0.3) is 0 Å². The Balaban J connectivity index is 2.18. The zero-order valence-corrected chi connectivity index (χ0v) is 11.0. The molecule has 1 aromatic carbocycles. The smallest absolute Gasteiger partial charge is 0.172 e. The minimum absolute atomic E-state index is 0.115. The fourth-order valence-electron chi connectivity index (χ4n) is 1.91. The quantitative estimate of drug-likeness (QED) is 0.621. The summed E-state index contributed by atoms with van der Waals surface area (Å²) in [6.45, 7) is 3.81. The normalized spacial score (nSPS) is 10.2. The number of Topliss-reactive ketones (excluding diaryl/α,β-unsaturated/α-hetero) is 2. The largest absolute Gasteiger partial charge is 0.294 e. The Morgan fingerprint density at radius 3 is 2.58 bits per heavy atom. The fraction of sp³-hybridized carbons (Fsp3) is 0.188. The molecule has 0 saturated heterocycles. The number of ketones is 2. The number of rotatable bonds is 4. The minimum atomic E-state index is -0.195. The first kappa shape index (κ1) is 13.1. The van der Waals surface area contributed by atoms with Crippen molar-refractivity contribution in [2.75, 3.05) is 0 Å². The van der Waals surface area contributed by atoms with Crippen LogP contribution >= 0.6 is 0 Å². The van der Waals surface area contributed by atoms with Crippen LogP contribution in [-0.2, 0) is 0 Å². The van der Waals surface area contributed by atoms with E-state index < -0.39 is 0 Å². The van der Waals surface area contributed by atoms with E-state index in [1.807, 2.05) is 32.0 Å². The van der Waals surface area contributed by atoms with Crippen LogP contribution in [0.25, 0.3) is 0 Å². The summed E-state index contributed by atoms with van der Waals surface area (Å²) in [4.78, 5) is 28.0. The van der Waals surface area contributed by atoms with E-state index in [0.29, 0.717) is 11.1 Å². The van der Waals surface area contributed by atoms with E-state index >= 15 is 0 Å². The molecule has 0 saturated carbocycles. The summed E-state index contributed by atoms with van der Waals surface area (Å²) in [5.74, 6) is -0.339. The van der Waals surface area contributed by atoms with Crippen molar-refractivity contribution in [2.45, 2.75) is 20.3 Å². The predicted octanol–water partition coefficient (Wildman–Crippen LogP) is 3.15. The van der Waals surface area contributed by atoms with E-state index in [-0.39, 0.29) is 18.0 Å². The third-order valence-electron chi connectivity index (χ3n) is 3.00. The van der Waals surface area contributed by atoms with Crippen molar-refractivity contribution < 1.29 is 9.59 Å². The molecule has 1 aromatic heterocycles. The molecule has 0 fully saturated rings. The molecule has 0 aliphatic rings. The average molecular weight is 253 g/mol. The van der Waals surface area contributed by atoms with Crippen LogP contribution in [-0.4, -0.2) is 16.6 Å². The van der Waals surface area contributed by atoms with Crippen molar-refractivity contribution >= 4 is 11.6 Å². The molecule has 0 bridgehead atoms. The van der Waals surface area contributed by atoms with Crippen LogP contribution in [0.2, 0.25) is 0 Å². The van der Waals surface area contributed by atoms with Crippen molar-refractivity contribution in [3.8, 4) is 0 Å². The first-order chi connectivity index (χ1) is 9.08. The van der Waals surface area contributed by atoms with Gasteiger partial charge in [-0.2, -0.15) is 0 Å². The van der Waals surface area contributed by atoms with Crippen molar-refractivity contribution in [1.29, 1.82) is 0 Å². The van der Waals surface area contributed by atoms with Crippen LogP contribution < -0.4 is 0 Å². The third kappa shape index (κ3) is 3.13. The molecule has 0 N–H and O–H groups in total. The summed E-state index contributed by atoms with van der Waals surface area (Å²) in [6.07, 6.45) is 2.97. The van der Waals surface area contributed by atoms with Gasteiger partial charge in [0.1, 0.15) is 0 Å². The number of carbonyl (C=O) groups excluding carboxylic acids is 2. The van der Waals surface area contributed by atoms with Crippen LogP contribution in [0.1, 0.15) is 38.3 Å². The Hall–Kier alpha value is -2.29. The molecule has 0 aliphatic carbocycles. The van der Waals surface area contributed by atoms with Gasteiger partial charge < -0.3 is 0 Å². The van der Waals surface area contributed by atoms with E-state index in [1.165, 1.54) is 6.20 Å².